The molecular weight excluding hydrogens is 280 g/mol. The molecule has 1 saturated heterocycles. The van der Waals surface area contributed by atoms with Crippen LogP contribution in [0.5, 0.6) is 0 Å². The van der Waals surface area contributed by atoms with Crippen molar-refractivity contribution in [3.8, 4) is 0 Å². The van der Waals surface area contributed by atoms with Crippen LogP contribution in [-0.2, 0) is 19.2 Å². The van der Waals surface area contributed by atoms with E-state index >= 15 is 0 Å². The molecule has 21 heavy (non-hydrogen) atoms. The number of nitrogens with one attached hydrogen (secondary N) is 1. The Hall–Kier alpha value is -2.16. The largest absolute Gasteiger partial charge is 0.480 e. The van der Waals surface area contributed by atoms with Gasteiger partial charge in [-0.05, 0) is 19.8 Å². The smallest absolute Gasteiger partial charge is 0.326 e. The van der Waals surface area contributed by atoms with Crippen LogP contribution in [0.3, 0.4) is 0 Å². The predicted molar refractivity (Wildman–Crippen MR) is 71.8 cm³/mol. The summed E-state index contributed by atoms with van der Waals surface area (Å²) in [6, 6.07) is -3.00. The molecule has 0 radical (unpaired) electrons. The maximum Gasteiger partial charge on any atom is 0.326 e. The normalized spacial score (nSPS) is 20.7. The fraction of sp³-hybridized carbons (Fsp3) is 0.667. The van der Waals surface area contributed by atoms with Crippen molar-refractivity contribution in [2.24, 2.45) is 11.5 Å². The van der Waals surface area contributed by atoms with E-state index in [0.29, 0.717) is 12.8 Å². The minimum absolute atomic E-state index is 0.263. The predicted octanol–water partition coefficient (Wildman–Crippen LogP) is -2.23. The summed E-state index contributed by atoms with van der Waals surface area (Å²) < 4.78 is 0. The van der Waals surface area contributed by atoms with Crippen LogP contribution in [-0.4, -0.2) is 58.4 Å². The van der Waals surface area contributed by atoms with Gasteiger partial charge in [-0.1, -0.05) is 0 Å². The van der Waals surface area contributed by atoms with E-state index < -0.39 is 48.2 Å². The molecule has 1 fully saturated rings. The van der Waals surface area contributed by atoms with E-state index in [1.165, 1.54) is 6.92 Å². The first-order valence-electron chi connectivity index (χ1n) is 6.61. The van der Waals surface area contributed by atoms with Crippen molar-refractivity contribution >= 4 is 23.7 Å². The number of primary amides is 1. The minimum atomic E-state index is -1.19. The summed E-state index contributed by atoms with van der Waals surface area (Å²) in [7, 11) is 0. The molecule has 0 aromatic carbocycles. The number of rotatable bonds is 6. The topological polar surface area (TPSA) is 156 Å². The van der Waals surface area contributed by atoms with Gasteiger partial charge in [-0.25, -0.2) is 4.79 Å². The average molecular weight is 300 g/mol. The molecule has 0 aliphatic carbocycles. The van der Waals surface area contributed by atoms with Gasteiger partial charge in [0.05, 0.1) is 12.5 Å². The standard InChI is InChI=1S/C12H20N4O5/c1-6(13)10(18)15-7(5-9(14)17)11(19)16-4-2-3-8(16)12(20)21/h6-8H,2-5,13H2,1H3,(H2,14,17)(H,15,18)(H,20,21). The van der Waals surface area contributed by atoms with Crippen molar-refractivity contribution in [2.45, 2.75) is 44.3 Å². The van der Waals surface area contributed by atoms with Crippen molar-refractivity contribution in [1.29, 1.82) is 0 Å². The Morgan fingerprint density at radius 3 is 2.48 bits per heavy atom. The summed E-state index contributed by atoms with van der Waals surface area (Å²) in [5.74, 6) is -3.13. The maximum atomic E-state index is 12.4. The van der Waals surface area contributed by atoms with Crippen molar-refractivity contribution in [3.05, 3.63) is 0 Å². The Labute approximate surface area is 121 Å². The fourth-order valence-electron chi connectivity index (χ4n) is 2.19. The minimum Gasteiger partial charge on any atom is -0.480 e. The highest BCUT2D eigenvalue weighted by molar-refractivity contribution is 5.94. The van der Waals surface area contributed by atoms with Gasteiger partial charge in [0.2, 0.25) is 17.7 Å². The van der Waals surface area contributed by atoms with Gasteiger partial charge in [-0.15, -0.1) is 0 Å². The summed E-state index contributed by atoms with van der Waals surface area (Å²) in [5.41, 5.74) is 10.5. The summed E-state index contributed by atoms with van der Waals surface area (Å²) in [5, 5.41) is 11.4. The molecule has 1 heterocycles. The van der Waals surface area contributed by atoms with Gasteiger partial charge < -0.3 is 26.8 Å². The van der Waals surface area contributed by atoms with Crippen LogP contribution in [0, 0.1) is 0 Å². The van der Waals surface area contributed by atoms with E-state index in [-0.39, 0.29) is 6.54 Å². The first kappa shape index (κ1) is 16.9. The Kier molecular flexibility index (Phi) is 5.65. The Morgan fingerprint density at radius 1 is 1.38 bits per heavy atom. The lowest BCUT2D eigenvalue weighted by atomic mass is 10.1. The van der Waals surface area contributed by atoms with Gasteiger partial charge in [0.25, 0.3) is 0 Å². The molecule has 0 bridgehead atoms. The molecule has 1 aliphatic rings. The monoisotopic (exact) mass is 300 g/mol. The van der Waals surface area contributed by atoms with Crippen LogP contribution in [0.4, 0.5) is 0 Å². The lowest BCUT2D eigenvalue weighted by Gasteiger charge is -2.27. The molecule has 3 unspecified atom stereocenters. The molecule has 0 aromatic heterocycles. The van der Waals surface area contributed by atoms with E-state index in [2.05, 4.69) is 5.32 Å². The van der Waals surface area contributed by atoms with E-state index in [0.717, 1.165) is 4.90 Å². The molecule has 0 aromatic rings. The van der Waals surface area contributed by atoms with Crippen molar-refractivity contribution in [2.75, 3.05) is 6.54 Å². The Balaban J connectivity index is 2.86. The van der Waals surface area contributed by atoms with Crippen LogP contribution >= 0.6 is 0 Å². The van der Waals surface area contributed by atoms with Crippen LogP contribution in [0.2, 0.25) is 0 Å². The third kappa shape index (κ3) is 4.42. The first-order valence-corrected chi connectivity index (χ1v) is 6.61. The summed E-state index contributed by atoms with van der Waals surface area (Å²) >= 11 is 0. The number of likely N-dealkylation sites (tertiary alicyclic amines) is 1. The van der Waals surface area contributed by atoms with E-state index in [9.17, 15) is 19.2 Å². The molecule has 0 spiro atoms. The number of carbonyl (C=O) groups excluding carboxylic acids is 3. The highest BCUT2D eigenvalue weighted by atomic mass is 16.4. The van der Waals surface area contributed by atoms with E-state index in [4.69, 9.17) is 16.6 Å². The zero-order chi connectivity index (χ0) is 16.2. The van der Waals surface area contributed by atoms with Crippen molar-refractivity contribution in [1.82, 2.24) is 10.2 Å². The van der Waals surface area contributed by atoms with E-state index in [1.54, 1.807) is 0 Å². The highest BCUT2D eigenvalue weighted by Crippen LogP contribution is 2.19. The van der Waals surface area contributed by atoms with Gasteiger partial charge in [0.15, 0.2) is 0 Å². The number of carboxylic acid groups (broad SMARTS) is 1. The quantitative estimate of drug-likeness (QED) is 0.435. The molecule has 118 valence electrons. The molecule has 3 amide bonds. The van der Waals surface area contributed by atoms with Crippen molar-refractivity contribution in [3.63, 3.8) is 0 Å². The summed E-state index contributed by atoms with van der Waals surface area (Å²) in [6.07, 6.45) is 0.485. The lowest BCUT2D eigenvalue weighted by Crippen LogP contribution is -2.55. The van der Waals surface area contributed by atoms with Gasteiger partial charge in [-0.2, -0.15) is 0 Å². The van der Waals surface area contributed by atoms with Gasteiger partial charge in [-0.3, -0.25) is 14.4 Å². The van der Waals surface area contributed by atoms with Crippen LogP contribution in [0.25, 0.3) is 0 Å². The van der Waals surface area contributed by atoms with Crippen LogP contribution < -0.4 is 16.8 Å². The zero-order valence-electron chi connectivity index (χ0n) is 11.7. The van der Waals surface area contributed by atoms with Crippen LogP contribution in [0.1, 0.15) is 26.2 Å². The second-order valence-electron chi connectivity index (χ2n) is 5.05. The van der Waals surface area contributed by atoms with Crippen LogP contribution in [0.15, 0.2) is 0 Å². The molecule has 9 nitrogen and oxygen atoms in total. The Morgan fingerprint density at radius 2 is 2.00 bits per heavy atom. The third-order valence-electron chi connectivity index (χ3n) is 3.25. The lowest BCUT2D eigenvalue weighted by molar-refractivity contribution is -0.149. The molecule has 1 rings (SSSR count). The number of hydrogen-bond acceptors (Lipinski definition) is 5. The zero-order valence-corrected chi connectivity index (χ0v) is 11.7. The number of nitrogens with zero attached hydrogens (tertiary/aromatic N) is 1. The van der Waals surface area contributed by atoms with Gasteiger partial charge in [0, 0.05) is 6.54 Å². The third-order valence-corrected chi connectivity index (χ3v) is 3.25. The van der Waals surface area contributed by atoms with Gasteiger partial charge in [0.1, 0.15) is 12.1 Å². The van der Waals surface area contributed by atoms with Gasteiger partial charge >= 0.3 is 5.97 Å². The van der Waals surface area contributed by atoms with E-state index in [1.807, 2.05) is 0 Å². The Bertz CT molecular complexity index is 451. The SMILES string of the molecule is CC(N)C(=O)NC(CC(N)=O)C(=O)N1CCCC1C(=O)O. The molecule has 9 heteroatoms. The molecule has 3 atom stereocenters. The maximum absolute atomic E-state index is 12.4. The number of carboxylic acids is 1. The number of aliphatic carboxylic acids is 1. The molecule has 6 N–H and O–H groups in total. The molecule has 0 saturated carbocycles. The second kappa shape index (κ2) is 7.02. The number of carbonyl (C=O) groups is 4. The fourth-order valence-corrected chi connectivity index (χ4v) is 2.19. The average Bonchev–Trinajstić information content (AvgIpc) is 2.85. The highest BCUT2D eigenvalue weighted by Gasteiger charge is 2.38. The first-order chi connectivity index (χ1) is 9.73. The number of amides is 3. The number of nitrogens with two attached hydrogens (primary N) is 2. The second-order valence-corrected chi connectivity index (χ2v) is 5.05. The summed E-state index contributed by atoms with van der Waals surface area (Å²) in [4.78, 5) is 47.2. The summed E-state index contributed by atoms with van der Waals surface area (Å²) in [6.45, 7) is 1.69. The van der Waals surface area contributed by atoms with Crippen molar-refractivity contribution < 1.29 is 24.3 Å². The number of hydrogen-bond donors (Lipinski definition) is 4. The molecule has 1 aliphatic heterocycles. The molecular formula is C12H20N4O5.